The highest BCUT2D eigenvalue weighted by molar-refractivity contribution is 6.31. The maximum Gasteiger partial charge on any atom is 0.269 e. The molecule has 0 bridgehead atoms. The van der Waals surface area contributed by atoms with Crippen molar-refractivity contribution in [1.82, 2.24) is 0 Å². The number of anilines is 1. The summed E-state index contributed by atoms with van der Waals surface area (Å²) in [6.45, 7) is 3.28. The fourth-order valence-electron chi connectivity index (χ4n) is 1.98. The van der Waals surface area contributed by atoms with E-state index < -0.39 is 4.92 Å². The van der Waals surface area contributed by atoms with Gasteiger partial charge in [-0.15, -0.1) is 0 Å². The monoisotopic (exact) mass is 334 g/mol. The highest BCUT2D eigenvalue weighted by atomic mass is 35.5. The number of carbonyl (C=O) groups is 1. The minimum absolute atomic E-state index is 0.0196. The SMILES string of the molecule is Cc1cc([N+](=O)[O-])ccc1OCC(=O)Nc1cccc(Cl)c1C. The molecule has 7 heteroatoms. The Balaban J connectivity index is 1.99. The van der Waals surface area contributed by atoms with Crippen molar-refractivity contribution in [2.24, 2.45) is 0 Å². The van der Waals surface area contributed by atoms with E-state index in [4.69, 9.17) is 16.3 Å². The molecule has 2 aromatic carbocycles. The highest BCUT2D eigenvalue weighted by Gasteiger charge is 2.11. The molecule has 2 rings (SSSR count). The Hall–Kier alpha value is -2.60. The van der Waals surface area contributed by atoms with E-state index in [2.05, 4.69) is 5.32 Å². The third-order valence-electron chi connectivity index (χ3n) is 3.27. The Morgan fingerprint density at radius 2 is 2.04 bits per heavy atom. The lowest BCUT2D eigenvalue weighted by molar-refractivity contribution is -0.384. The second kappa shape index (κ2) is 7.11. The van der Waals surface area contributed by atoms with Crippen LogP contribution in [0.3, 0.4) is 0 Å². The fourth-order valence-corrected chi connectivity index (χ4v) is 2.16. The number of amides is 1. The number of nitrogens with one attached hydrogen (secondary N) is 1. The number of halogens is 1. The molecule has 0 unspecified atom stereocenters. The first kappa shape index (κ1) is 16.8. The summed E-state index contributed by atoms with van der Waals surface area (Å²) < 4.78 is 5.41. The number of nitro groups is 1. The molecule has 0 atom stereocenters. The summed E-state index contributed by atoms with van der Waals surface area (Å²) in [6.07, 6.45) is 0. The zero-order valence-corrected chi connectivity index (χ0v) is 13.4. The lowest BCUT2D eigenvalue weighted by Crippen LogP contribution is -2.21. The van der Waals surface area contributed by atoms with Gasteiger partial charge in [-0.25, -0.2) is 0 Å². The minimum atomic E-state index is -0.481. The van der Waals surface area contributed by atoms with E-state index in [0.717, 1.165) is 5.56 Å². The number of hydrogen-bond donors (Lipinski definition) is 1. The molecule has 0 radical (unpaired) electrons. The van der Waals surface area contributed by atoms with Gasteiger partial charge in [0.05, 0.1) is 4.92 Å². The van der Waals surface area contributed by atoms with E-state index in [-0.39, 0.29) is 18.2 Å². The molecular weight excluding hydrogens is 320 g/mol. The number of aryl methyl sites for hydroxylation is 1. The van der Waals surface area contributed by atoms with E-state index in [9.17, 15) is 14.9 Å². The molecule has 0 spiro atoms. The zero-order chi connectivity index (χ0) is 17.0. The smallest absolute Gasteiger partial charge is 0.269 e. The van der Waals surface area contributed by atoms with E-state index in [1.165, 1.54) is 18.2 Å². The Morgan fingerprint density at radius 1 is 1.30 bits per heavy atom. The number of ether oxygens (including phenoxy) is 1. The van der Waals surface area contributed by atoms with Gasteiger partial charge >= 0.3 is 0 Å². The summed E-state index contributed by atoms with van der Waals surface area (Å²) in [4.78, 5) is 22.2. The van der Waals surface area contributed by atoms with Gasteiger partial charge in [-0.3, -0.25) is 14.9 Å². The maximum absolute atomic E-state index is 11.9. The van der Waals surface area contributed by atoms with Gasteiger partial charge in [0.2, 0.25) is 0 Å². The van der Waals surface area contributed by atoms with Crippen molar-refractivity contribution >= 4 is 28.9 Å². The number of hydrogen-bond acceptors (Lipinski definition) is 4. The third kappa shape index (κ3) is 4.20. The van der Waals surface area contributed by atoms with E-state index in [0.29, 0.717) is 22.0 Å². The molecule has 0 saturated carbocycles. The number of nitro benzene ring substituents is 1. The number of non-ortho nitro benzene ring substituents is 1. The van der Waals surface area contributed by atoms with Gasteiger partial charge in [0.25, 0.3) is 11.6 Å². The Morgan fingerprint density at radius 3 is 2.70 bits per heavy atom. The molecule has 2 aromatic rings. The van der Waals surface area contributed by atoms with Crippen LogP contribution in [0.15, 0.2) is 36.4 Å². The van der Waals surface area contributed by atoms with Gasteiger partial charge in [-0.2, -0.15) is 0 Å². The molecule has 1 amide bonds. The van der Waals surface area contributed by atoms with Crippen LogP contribution in [0, 0.1) is 24.0 Å². The fraction of sp³-hybridized carbons (Fsp3) is 0.188. The van der Waals surface area contributed by atoms with Gasteiger partial charge in [0.15, 0.2) is 6.61 Å². The summed E-state index contributed by atoms with van der Waals surface area (Å²) >= 11 is 5.99. The van der Waals surface area contributed by atoms with Crippen molar-refractivity contribution < 1.29 is 14.5 Å². The first-order valence-electron chi connectivity index (χ1n) is 6.81. The average Bonchev–Trinajstić information content (AvgIpc) is 2.50. The van der Waals surface area contributed by atoms with E-state index in [1.54, 1.807) is 32.0 Å². The lowest BCUT2D eigenvalue weighted by atomic mass is 10.2. The normalized spacial score (nSPS) is 10.2. The zero-order valence-electron chi connectivity index (χ0n) is 12.6. The molecule has 0 aliphatic rings. The third-order valence-corrected chi connectivity index (χ3v) is 3.68. The second-order valence-corrected chi connectivity index (χ2v) is 5.36. The summed E-state index contributed by atoms with van der Waals surface area (Å²) in [6, 6.07) is 9.44. The van der Waals surface area contributed by atoms with Crippen LogP contribution in [-0.2, 0) is 4.79 Å². The van der Waals surface area contributed by atoms with Crippen LogP contribution < -0.4 is 10.1 Å². The Kier molecular flexibility index (Phi) is 5.18. The van der Waals surface area contributed by atoms with Crippen LogP contribution in [0.2, 0.25) is 5.02 Å². The maximum atomic E-state index is 11.9. The first-order valence-corrected chi connectivity index (χ1v) is 7.19. The van der Waals surface area contributed by atoms with Crippen LogP contribution in [-0.4, -0.2) is 17.4 Å². The summed E-state index contributed by atoms with van der Waals surface area (Å²) in [5.41, 5.74) is 1.96. The van der Waals surface area contributed by atoms with Crippen molar-refractivity contribution in [3.8, 4) is 5.75 Å². The standard InChI is InChI=1S/C16H15ClN2O4/c1-10-8-12(19(21)22)6-7-15(10)23-9-16(20)18-14-5-3-4-13(17)11(14)2/h3-8H,9H2,1-2H3,(H,18,20). The summed E-state index contributed by atoms with van der Waals surface area (Å²) in [5, 5.41) is 14.0. The van der Waals surface area contributed by atoms with Gasteiger partial charge in [0.1, 0.15) is 5.75 Å². The number of nitrogens with zero attached hydrogens (tertiary/aromatic N) is 1. The van der Waals surface area contributed by atoms with Gasteiger partial charge in [-0.1, -0.05) is 17.7 Å². The Labute approximate surface area is 138 Å². The average molecular weight is 335 g/mol. The molecule has 120 valence electrons. The molecule has 6 nitrogen and oxygen atoms in total. The van der Waals surface area contributed by atoms with Crippen LogP contribution >= 0.6 is 11.6 Å². The molecule has 23 heavy (non-hydrogen) atoms. The predicted molar refractivity (Wildman–Crippen MR) is 88.1 cm³/mol. The second-order valence-electron chi connectivity index (χ2n) is 4.96. The first-order chi connectivity index (χ1) is 10.9. The van der Waals surface area contributed by atoms with Crippen LogP contribution in [0.5, 0.6) is 5.75 Å². The molecule has 1 N–H and O–H groups in total. The lowest BCUT2D eigenvalue weighted by Gasteiger charge is -2.11. The largest absolute Gasteiger partial charge is 0.483 e. The predicted octanol–water partition coefficient (Wildman–Crippen LogP) is 3.88. The van der Waals surface area contributed by atoms with Crippen LogP contribution in [0.25, 0.3) is 0 Å². The van der Waals surface area contributed by atoms with Crippen LogP contribution in [0.1, 0.15) is 11.1 Å². The Bertz CT molecular complexity index is 762. The van der Waals surface area contributed by atoms with Gasteiger partial charge in [0, 0.05) is 22.8 Å². The van der Waals surface area contributed by atoms with Crippen molar-refractivity contribution in [3.05, 3.63) is 62.7 Å². The van der Waals surface area contributed by atoms with Crippen molar-refractivity contribution in [1.29, 1.82) is 0 Å². The molecule has 0 heterocycles. The molecule has 0 aromatic heterocycles. The topological polar surface area (TPSA) is 81.5 Å². The molecule has 0 aliphatic heterocycles. The quantitative estimate of drug-likeness (QED) is 0.664. The molecule has 0 fully saturated rings. The molecule has 0 aliphatic carbocycles. The molecule has 0 saturated heterocycles. The van der Waals surface area contributed by atoms with Gasteiger partial charge in [-0.05, 0) is 43.2 Å². The van der Waals surface area contributed by atoms with Crippen molar-refractivity contribution in [2.75, 3.05) is 11.9 Å². The van der Waals surface area contributed by atoms with E-state index >= 15 is 0 Å². The van der Waals surface area contributed by atoms with E-state index in [1.807, 2.05) is 0 Å². The molecular formula is C16H15ClN2O4. The highest BCUT2D eigenvalue weighted by Crippen LogP contribution is 2.24. The number of rotatable bonds is 5. The minimum Gasteiger partial charge on any atom is -0.483 e. The van der Waals surface area contributed by atoms with Gasteiger partial charge < -0.3 is 10.1 Å². The van der Waals surface area contributed by atoms with Crippen molar-refractivity contribution in [2.45, 2.75) is 13.8 Å². The summed E-state index contributed by atoms with van der Waals surface area (Å²) in [5.74, 6) is 0.0849. The van der Waals surface area contributed by atoms with Crippen LogP contribution in [0.4, 0.5) is 11.4 Å². The summed E-state index contributed by atoms with van der Waals surface area (Å²) in [7, 11) is 0. The number of carbonyl (C=O) groups excluding carboxylic acids is 1. The number of benzene rings is 2. The van der Waals surface area contributed by atoms with Crippen molar-refractivity contribution in [3.63, 3.8) is 0 Å².